The minimum Gasteiger partial charge on any atom is -0.478 e. The number of thioether (sulfide) groups is 2. The number of carboxylic acid groups (broad SMARTS) is 2. The second-order valence-corrected chi connectivity index (χ2v) is 11.3. The lowest BCUT2D eigenvalue weighted by atomic mass is 10.0. The summed E-state index contributed by atoms with van der Waals surface area (Å²) < 4.78 is 1.45. The minimum atomic E-state index is -1.76. The quantitative estimate of drug-likeness (QED) is 0.118. The summed E-state index contributed by atoms with van der Waals surface area (Å²) in [6.07, 6.45) is 0. The third-order valence-electron chi connectivity index (χ3n) is 5.35. The van der Waals surface area contributed by atoms with Crippen LogP contribution in [-0.2, 0) is 31.1 Å². The number of thiazole rings is 1. The van der Waals surface area contributed by atoms with Crippen LogP contribution in [0.2, 0.25) is 0 Å². The fourth-order valence-electron chi connectivity index (χ4n) is 3.30. The number of nitrogens with zero attached hydrogens (tertiary/aromatic N) is 7. The van der Waals surface area contributed by atoms with Gasteiger partial charge >= 0.3 is 11.9 Å². The monoisotopic (exact) mass is 583 g/mol. The summed E-state index contributed by atoms with van der Waals surface area (Å²) in [5.41, 5.74) is 3.90. The fourth-order valence-corrected chi connectivity index (χ4v) is 6.18. The molecule has 1 saturated heterocycles. The van der Waals surface area contributed by atoms with Gasteiger partial charge in [-0.05, 0) is 29.8 Å². The largest absolute Gasteiger partial charge is 0.478 e. The van der Waals surface area contributed by atoms with Crippen LogP contribution in [0.3, 0.4) is 0 Å². The lowest BCUT2D eigenvalue weighted by Gasteiger charge is -2.49. The van der Waals surface area contributed by atoms with Crippen LogP contribution in [0, 0.1) is 0 Å². The molecule has 38 heavy (non-hydrogen) atoms. The van der Waals surface area contributed by atoms with Gasteiger partial charge in [0, 0.05) is 23.9 Å². The molecule has 5 N–H and O–H groups in total. The maximum atomic E-state index is 13.1. The number of hydrogen-bond donors (Lipinski definition) is 4. The van der Waals surface area contributed by atoms with Crippen LogP contribution in [0.25, 0.3) is 0 Å². The Morgan fingerprint density at radius 3 is 2.68 bits per heavy atom. The van der Waals surface area contributed by atoms with Gasteiger partial charge in [-0.2, -0.15) is 0 Å². The number of carbonyl (C=O) groups excluding carboxylic acids is 2. The number of nitrogens with one attached hydrogen (secondary N) is 1. The third-order valence-corrected chi connectivity index (χ3v) is 8.46. The van der Waals surface area contributed by atoms with E-state index in [4.69, 9.17) is 10.6 Å². The van der Waals surface area contributed by atoms with Gasteiger partial charge in [0.25, 0.3) is 11.8 Å². The Hall–Kier alpha value is -3.71. The van der Waals surface area contributed by atoms with E-state index in [2.05, 4.69) is 31.0 Å². The second-order valence-electron chi connectivity index (χ2n) is 8.41. The Balaban J connectivity index is 1.52. The molecule has 16 nitrogen and oxygen atoms in total. The Bertz CT molecular complexity index is 1370. The van der Waals surface area contributed by atoms with E-state index in [1.165, 1.54) is 47.4 Å². The average Bonchev–Trinajstić information content (AvgIpc) is 3.47. The summed E-state index contributed by atoms with van der Waals surface area (Å²) in [6, 6.07) is -1.06. The molecule has 2 aliphatic rings. The highest BCUT2D eigenvalue weighted by atomic mass is 32.2. The van der Waals surface area contributed by atoms with Crippen molar-refractivity contribution < 1.29 is 34.2 Å². The molecule has 4 heterocycles. The number of aliphatic carboxylic acids is 2. The topological polar surface area (TPSA) is 228 Å². The second kappa shape index (κ2) is 10.6. The van der Waals surface area contributed by atoms with Crippen molar-refractivity contribution in [3.05, 3.63) is 22.3 Å². The molecule has 0 saturated carbocycles. The summed E-state index contributed by atoms with van der Waals surface area (Å²) in [5, 5.41) is 37.9. The SMILES string of the molecule is Cn1nnnc1SCC1=C(C(=O)O)N2C(=O)[C@H](NC(=O)/C(=N\OC(C)(C)C(=O)O)c3csc(N)n3)[C@@H]2SC1. The Morgan fingerprint density at radius 1 is 1.37 bits per heavy atom. The van der Waals surface area contributed by atoms with Gasteiger partial charge in [-0.1, -0.05) is 16.9 Å². The third kappa shape index (κ3) is 5.29. The van der Waals surface area contributed by atoms with Gasteiger partial charge in [0.15, 0.2) is 10.8 Å². The zero-order chi connectivity index (χ0) is 27.8. The maximum absolute atomic E-state index is 13.1. The molecule has 2 aromatic rings. The number of hydrogen-bond acceptors (Lipinski definition) is 14. The number of rotatable bonds is 10. The van der Waals surface area contributed by atoms with E-state index in [1.54, 1.807) is 7.05 Å². The van der Waals surface area contributed by atoms with Gasteiger partial charge in [0.05, 0.1) is 0 Å². The number of nitrogens with two attached hydrogens (primary N) is 1. The van der Waals surface area contributed by atoms with E-state index in [1.807, 2.05) is 0 Å². The molecule has 0 radical (unpaired) electrons. The highest BCUT2D eigenvalue weighted by Crippen LogP contribution is 2.41. The first-order chi connectivity index (χ1) is 17.9. The molecule has 0 bridgehead atoms. The van der Waals surface area contributed by atoms with Crippen LogP contribution in [0.4, 0.5) is 5.13 Å². The predicted molar refractivity (Wildman–Crippen MR) is 135 cm³/mol. The van der Waals surface area contributed by atoms with Gasteiger partial charge in [0.1, 0.15) is 22.8 Å². The molecule has 1 fully saturated rings. The van der Waals surface area contributed by atoms with Gasteiger partial charge in [-0.25, -0.2) is 19.3 Å². The summed E-state index contributed by atoms with van der Waals surface area (Å²) in [7, 11) is 1.65. The number of aromatic nitrogens is 5. The molecular formula is C19H21N9O7S3. The molecule has 2 atom stereocenters. The number of nitrogen functional groups attached to an aromatic ring is 1. The van der Waals surface area contributed by atoms with E-state index in [0.717, 1.165) is 16.2 Å². The zero-order valence-corrected chi connectivity index (χ0v) is 22.5. The first kappa shape index (κ1) is 27.3. The number of amides is 2. The fraction of sp³-hybridized carbons (Fsp3) is 0.421. The van der Waals surface area contributed by atoms with Gasteiger partial charge in [0.2, 0.25) is 10.8 Å². The minimum absolute atomic E-state index is 0.0230. The number of fused-ring (bicyclic) bond motifs is 1. The Labute approximate surface area is 226 Å². The number of anilines is 1. The molecular weight excluding hydrogens is 562 g/mol. The number of tetrazole rings is 1. The van der Waals surface area contributed by atoms with Crippen molar-refractivity contribution in [2.75, 3.05) is 17.2 Å². The van der Waals surface area contributed by atoms with Gasteiger partial charge in [-0.3, -0.25) is 14.5 Å². The lowest BCUT2D eigenvalue weighted by Crippen LogP contribution is -2.71. The number of aryl methyl sites for hydroxylation is 1. The summed E-state index contributed by atoms with van der Waals surface area (Å²) in [6.45, 7) is 2.48. The first-order valence-corrected chi connectivity index (χ1v) is 13.6. The molecule has 0 unspecified atom stereocenters. The lowest BCUT2D eigenvalue weighted by molar-refractivity contribution is -0.161. The van der Waals surface area contributed by atoms with E-state index in [-0.39, 0.29) is 28.0 Å². The number of carboxylic acids is 2. The summed E-state index contributed by atoms with van der Waals surface area (Å²) in [4.78, 5) is 59.8. The smallest absolute Gasteiger partial charge is 0.352 e. The van der Waals surface area contributed by atoms with Crippen molar-refractivity contribution >= 4 is 69.5 Å². The number of oxime groups is 1. The van der Waals surface area contributed by atoms with Crippen LogP contribution in [0.5, 0.6) is 0 Å². The number of carbonyl (C=O) groups is 4. The van der Waals surface area contributed by atoms with E-state index < -0.39 is 40.8 Å². The molecule has 2 amide bonds. The molecule has 0 aromatic carbocycles. The van der Waals surface area contributed by atoms with Crippen LogP contribution in [-0.4, -0.2) is 98.3 Å². The molecule has 202 valence electrons. The highest BCUT2D eigenvalue weighted by molar-refractivity contribution is 8.01. The summed E-state index contributed by atoms with van der Waals surface area (Å²) >= 11 is 3.54. The van der Waals surface area contributed by atoms with E-state index in [0.29, 0.717) is 16.5 Å². The van der Waals surface area contributed by atoms with Crippen molar-refractivity contribution in [1.29, 1.82) is 0 Å². The van der Waals surface area contributed by atoms with E-state index >= 15 is 0 Å². The zero-order valence-electron chi connectivity index (χ0n) is 20.0. The van der Waals surface area contributed by atoms with Crippen LogP contribution < -0.4 is 11.1 Å². The van der Waals surface area contributed by atoms with Crippen molar-refractivity contribution in [1.82, 2.24) is 35.4 Å². The number of β-lactam (4-membered cyclic amide) rings is 1. The molecule has 2 aromatic heterocycles. The van der Waals surface area contributed by atoms with Crippen molar-refractivity contribution in [3.63, 3.8) is 0 Å². The van der Waals surface area contributed by atoms with Crippen molar-refractivity contribution in [2.24, 2.45) is 12.2 Å². The molecule has 19 heteroatoms. The first-order valence-electron chi connectivity index (χ1n) is 10.7. The normalized spacial score (nSPS) is 19.6. The molecule has 2 aliphatic heterocycles. The van der Waals surface area contributed by atoms with Crippen LogP contribution in [0.15, 0.2) is 27.0 Å². The van der Waals surface area contributed by atoms with Crippen LogP contribution in [0.1, 0.15) is 19.5 Å². The molecule has 4 rings (SSSR count). The van der Waals surface area contributed by atoms with Crippen molar-refractivity contribution in [2.45, 2.75) is 36.0 Å². The molecule has 0 spiro atoms. The highest BCUT2D eigenvalue weighted by Gasteiger charge is 2.54. The average molecular weight is 584 g/mol. The standard InChI is InChI=1S/C19H21N9O7S3/c1-19(2,16(33)34)35-24-9(8-6-37-17(20)21-8)12(29)22-10-13(30)28-11(15(31)32)7(4-36-14(10)28)5-38-18-23-25-26-27(18)3/h6,10,14H,4-5H2,1-3H3,(H2,20,21)(H,22,29)(H,31,32)(H,33,34)/b24-9-/t10-,14-/m0/s1. The Morgan fingerprint density at radius 2 is 2.11 bits per heavy atom. The van der Waals surface area contributed by atoms with Crippen molar-refractivity contribution in [3.8, 4) is 0 Å². The van der Waals surface area contributed by atoms with E-state index in [9.17, 15) is 29.4 Å². The summed E-state index contributed by atoms with van der Waals surface area (Å²) in [5.74, 6) is -3.55. The maximum Gasteiger partial charge on any atom is 0.352 e. The predicted octanol–water partition coefficient (Wildman–Crippen LogP) is -0.636. The Kier molecular flexibility index (Phi) is 7.61. The van der Waals surface area contributed by atoms with Gasteiger partial charge in [-0.15, -0.1) is 28.2 Å². The van der Waals surface area contributed by atoms with Crippen LogP contribution >= 0.6 is 34.9 Å². The van der Waals surface area contributed by atoms with Gasteiger partial charge < -0.3 is 26.1 Å². The molecule has 0 aliphatic carbocycles.